The van der Waals surface area contributed by atoms with Crippen molar-refractivity contribution in [3.05, 3.63) is 80.7 Å². The summed E-state index contributed by atoms with van der Waals surface area (Å²) in [6, 6.07) is 7.77. The summed E-state index contributed by atoms with van der Waals surface area (Å²) in [5.41, 5.74) is -2.53. The van der Waals surface area contributed by atoms with Gasteiger partial charge in [0, 0.05) is 12.0 Å². The summed E-state index contributed by atoms with van der Waals surface area (Å²) in [4.78, 5) is 40.2. The van der Waals surface area contributed by atoms with Gasteiger partial charge in [0.05, 0.1) is 24.5 Å². The van der Waals surface area contributed by atoms with Crippen molar-refractivity contribution in [3.63, 3.8) is 0 Å². The Balaban J connectivity index is 1.41. The lowest BCUT2D eigenvalue weighted by Gasteiger charge is -2.28. The van der Waals surface area contributed by atoms with Crippen molar-refractivity contribution >= 4 is 57.7 Å². The number of ether oxygens (including phenoxy) is 6. The number of thiol groups is 1. The number of rotatable bonds is 19. The van der Waals surface area contributed by atoms with Gasteiger partial charge in [0.25, 0.3) is 0 Å². The van der Waals surface area contributed by atoms with Crippen LogP contribution in [0, 0.1) is 17.0 Å². The molecule has 0 N–H and O–H groups in total. The minimum Gasteiger partial charge on any atom is -0.619 e. The zero-order chi connectivity index (χ0) is 42.5. The summed E-state index contributed by atoms with van der Waals surface area (Å²) in [7, 11) is -3.37. The molecule has 0 saturated heterocycles. The fourth-order valence-electron chi connectivity index (χ4n) is 5.45. The van der Waals surface area contributed by atoms with E-state index in [4.69, 9.17) is 46.9 Å². The Kier molecular flexibility index (Phi) is 14.2. The van der Waals surface area contributed by atoms with E-state index in [0.717, 1.165) is 42.4 Å². The Morgan fingerprint density at radius 1 is 0.879 bits per heavy atom. The quantitative estimate of drug-likeness (QED) is 0.0433. The Labute approximate surface area is 345 Å². The molecule has 2 fully saturated rings. The number of esters is 3. The van der Waals surface area contributed by atoms with Crippen LogP contribution in [0.1, 0.15) is 87.9 Å². The molecule has 1 aromatic heterocycles. The van der Waals surface area contributed by atoms with Crippen LogP contribution in [0.5, 0.6) is 17.2 Å². The van der Waals surface area contributed by atoms with Crippen molar-refractivity contribution < 1.29 is 64.7 Å². The molecule has 0 spiro atoms. The number of carbonyl (C=O) groups is 3. The molecule has 0 aliphatic heterocycles. The van der Waals surface area contributed by atoms with Gasteiger partial charge < -0.3 is 33.6 Å². The molecule has 316 valence electrons. The molecule has 58 heavy (non-hydrogen) atoms. The number of hydrogen-bond donors (Lipinski definition) is 1. The highest BCUT2D eigenvalue weighted by molar-refractivity contribution is 7.74. The van der Waals surface area contributed by atoms with Gasteiger partial charge in [-0.1, -0.05) is 29.3 Å². The second kappa shape index (κ2) is 18.5. The molecule has 14 nitrogen and oxygen atoms in total. The van der Waals surface area contributed by atoms with Gasteiger partial charge in [-0.25, -0.2) is 18.0 Å². The van der Waals surface area contributed by atoms with E-state index < -0.39 is 59.3 Å². The Morgan fingerprint density at radius 3 is 2.03 bits per heavy atom. The number of hydrogen-bond acceptors (Lipinski definition) is 12. The molecule has 19 heteroatoms. The molecule has 2 aliphatic carbocycles. The number of carbonyl (C=O) groups excluding carboxylic acids is 3. The minimum atomic E-state index is -3.37. The second-order valence-corrected chi connectivity index (χ2v) is 17.2. The smallest absolute Gasteiger partial charge is 0.387 e. The molecule has 0 unspecified atom stereocenters. The molecule has 5 rings (SSSR count). The maximum absolute atomic E-state index is 13.9. The van der Waals surface area contributed by atoms with E-state index in [1.807, 2.05) is 0 Å². The first-order valence-corrected chi connectivity index (χ1v) is 20.2. The molecular formula is C39H44Cl2F2N2O12S. The average molecular weight is 874 g/mol. The first-order valence-electron chi connectivity index (χ1n) is 18.3. The van der Waals surface area contributed by atoms with Crippen molar-refractivity contribution in [1.29, 1.82) is 0 Å². The molecule has 1 heterocycles. The lowest BCUT2D eigenvalue weighted by Crippen LogP contribution is -2.39. The number of pyridine rings is 1. The number of halogens is 4. The van der Waals surface area contributed by atoms with Crippen molar-refractivity contribution in [2.75, 3.05) is 24.1 Å². The molecule has 2 aromatic carbocycles. The minimum absolute atomic E-state index is 0.0214. The molecular weight excluding hydrogens is 829 g/mol. The summed E-state index contributed by atoms with van der Waals surface area (Å²) in [5, 5.41) is 11.9. The maximum atomic E-state index is 13.9. The fraction of sp³-hybridized carbons (Fsp3) is 0.487. The SMILES string of the molecule is CC(C)(C)OC(=O)CN(c1ccc(C(=O)OC(C)(C)C(=O)O[C@@H](Cc2c(Cl)c[n+]([O-])cc2Cl)c2ccc(OC(F)F)c(OCC3CC3)c2)cc1OCC1CC1)[SH](=O)=O. The number of aromatic nitrogens is 1. The monoisotopic (exact) mass is 872 g/mol. The van der Waals surface area contributed by atoms with Crippen LogP contribution < -0.4 is 23.2 Å². The van der Waals surface area contributed by atoms with Crippen LogP contribution in [-0.2, 0) is 41.1 Å². The van der Waals surface area contributed by atoms with Gasteiger partial charge in [-0.2, -0.15) is 13.5 Å². The molecule has 2 saturated carbocycles. The first kappa shape index (κ1) is 44.5. The van der Waals surface area contributed by atoms with Gasteiger partial charge >= 0.3 is 24.5 Å². The van der Waals surface area contributed by atoms with Gasteiger partial charge in [-0.05, 0) is 108 Å². The van der Waals surface area contributed by atoms with Crippen LogP contribution in [0.2, 0.25) is 10.0 Å². The van der Waals surface area contributed by atoms with Gasteiger partial charge in [0.15, 0.2) is 23.9 Å². The van der Waals surface area contributed by atoms with Crippen molar-refractivity contribution in [1.82, 2.24) is 0 Å². The summed E-state index contributed by atoms with van der Waals surface area (Å²) in [5.74, 6) is -2.71. The number of nitrogens with zero attached hydrogens (tertiary/aromatic N) is 2. The third-order valence-electron chi connectivity index (χ3n) is 8.80. The Hall–Kier alpha value is -4.61. The summed E-state index contributed by atoms with van der Waals surface area (Å²) >= 11 is 12.8. The highest BCUT2D eigenvalue weighted by Crippen LogP contribution is 2.39. The van der Waals surface area contributed by atoms with E-state index in [0.29, 0.717) is 4.73 Å². The van der Waals surface area contributed by atoms with Crippen molar-refractivity contribution in [3.8, 4) is 17.2 Å². The largest absolute Gasteiger partial charge is 0.619 e. The van der Waals surface area contributed by atoms with Crippen LogP contribution in [-0.4, -0.2) is 63.9 Å². The number of anilines is 1. The summed E-state index contributed by atoms with van der Waals surface area (Å²) < 4.78 is 85.8. The van der Waals surface area contributed by atoms with Crippen LogP contribution in [0.4, 0.5) is 14.5 Å². The Bertz CT molecular complexity index is 2060. The molecule has 2 aliphatic rings. The maximum Gasteiger partial charge on any atom is 0.387 e. The van der Waals surface area contributed by atoms with E-state index in [2.05, 4.69) is 4.74 Å². The lowest BCUT2D eigenvalue weighted by molar-refractivity contribution is -0.605. The highest BCUT2D eigenvalue weighted by Gasteiger charge is 2.38. The molecule has 0 amide bonds. The van der Waals surface area contributed by atoms with E-state index in [1.165, 1.54) is 50.2 Å². The lowest BCUT2D eigenvalue weighted by atomic mass is 10.0. The number of benzene rings is 2. The fourth-order valence-corrected chi connectivity index (χ4v) is 6.63. The van der Waals surface area contributed by atoms with Gasteiger partial charge in [-0.15, -0.1) is 0 Å². The van der Waals surface area contributed by atoms with Crippen LogP contribution >= 0.6 is 23.2 Å². The predicted molar refractivity (Wildman–Crippen MR) is 207 cm³/mol. The zero-order valence-electron chi connectivity index (χ0n) is 32.3. The topological polar surface area (TPSA) is 171 Å². The van der Waals surface area contributed by atoms with Crippen molar-refractivity contribution in [2.24, 2.45) is 11.8 Å². The standard InChI is InChI=1S/C39H44Cl2F2N2O12S/c1-38(2,3)56-34(46)19-45(58(50)51)29-12-10-25(15-32(29)52-20-22-6-7-22)35(47)57-39(4,5)36(48)54-31(16-26-27(40)17-44(49)18-28(26)41)24-11-13-30(55-37(42)43)33(14-24)53-21-23-8-9-23/h10-15,17-18,22-23,31,37,58H,6-9,16,19-21H2,1-5H3/t31-/m0/s1. The third-order valence-corrected chi connectivity index (χ3v) is 10.2. The molecule has 1 atom stereocenters. The highest BCUT2D eigenvalue weighted by atomic mass is 35.5. The molecule has 0 bridgehead atoms. The van der Waals surface area contributed by atoms with Gasteiger partial charge in [0.2, 0.25) is 16.5 Å². The van der Waals surface area contributed by atoms with E-state index >= 15 is 0 Å². The van der Waals surface area contributed by atoms with Crippen LogP contribution in [0.15, 0.2) is 48.8 Å². The normalized spacial score (nSPS) is 14.8. The summed E-state index contributed by atoms with van der Waals surface area (Å²) in [6.45, 7) is 4.12. The van der Waals surface area contributed by atoms with E-state index in [9.17, 15) is 36.8 Å². The predicted octanol–water partition coefficient (Wildman–Crippen LogP) is 6.94. The van der Waals surface area contributed by atoms with E-state index in [-0.39, 0.29) is 81.1 Å². The molecule has 0 radical (unpaired) electrons. The van der Waals surface area contributed by atoms with Gasteiger partial charge in [-0.3, -0.25) is 9.10 Å². The Morgan fingerprint density at radius 2 is 1.48 bits per heavy atom. The van der Waals surface area contributed by atoms with Crippen LogP contribution in [0.3, 0.4) is 0 Å². The number of alkyl halides is 2. The van der Waals surface area contributed by atoms with Crippen LogP contribution in [0.25, 0.3) is 0 Å². The summed E-state index contributed by atoms with van der Waals surface area (Å²) in [6.07, 6.45) is 4.27. The zero-order valence-corrected chi connectivity index (χ0v) is 34.7. The van der Waals surface area contributed by atoms with E-state index in [1.54, 1.807) is 20.8 Å². The second-order valence-electron chi connectivity index (χ2n) is 15.4. The molecule has 3 aromatic rings. The van der Waals surface area contributed by atoms with Crippen molar-refractivity contribution in [2.45, 2.75) is 90.6 Å². The first-order chi connectivity index (χ1) is 27.2. The average Bonchev–Trinajstić information content (AvgIpc) is 4.05. The third kappa shape index (κ3) is 12.7. The van der Waals surface area contributed by atoms with Gasteiger partial charge in [0.1, 0.15) is 34.0 Å².